The summed E-state index contributed by atoms with van der Waals surface area (Å²) in [6.07, 6.45) is 0.673. The lowest BCUT2D eigenvalue weighted by atomic mass is 10.2. The van der Waals surface area contributed by atoms with Gasteiger partial charge in [0.1, 0.15) is 5.75 Å². The van der Waals surface area contributed by atoms with Gasteiger partial charge in [-0.3, -0.25) is 0 Å². The van der Waals surface area contributed by atoms with Gasteiger partial charge in [0.25, 0.3) is 0 Å². The molecule has 1 aliphatic heterocycles. The Morgan fingerprint density at radius 1 is 1.47 bits per heavy atom. The molecule has 94 valence electrons. The minimum atomic E-state index is -2.84. The Bertz CT molecular complexity index is 515. The highest BCUT2D eigenvalue weighted by Crippen LogP contribution is 2.28. The molecular weight excluding hydrogens is 306 g/mol. The zero-order valence-electron chi connectivity index (χ0n) is 9.44. The van der Waals surface area contributed by atoms with Crippen molar-refractivity contribution in [3.8, 4) is 5.75 Å². The molecule has 4 nitrogen and oxygen atoms in total. The summed E-state index contributed by atoms with van der Waals surface area (Å²) in [6, 6.07) is 5.63. The maximum atomic E-state index is 11.3. The summed E-state index contributed by atoms with van der Waals surface area (Å²) in [6.45, 7) is 0. The molecule has 2 rings (SSSR count). The van der Waals surface area contributed by atoms with Crippen LogP contribution in [0, 0.1) is 0 Å². The molecule has 0 radical (unpaired) electrons. The number of rotatable bonds is 3. The molecule has 1 heterocycles. The third-order valence-corrected chi connectivity index (χ3v) is 5.14. The first-order valence-corrected chi connectivity index (χ1v) is 7.92. The fourth-order valence-electron chi connectivity index (χ4n) is 1.90. The van der Waals surface area contributed by atoms with E-state index in [0.717, 1.165) is 15.9 Å². The molecule has 1 aromatic rings. The van der Waals surface area contributed by atoms with Crippen molar-refractivity contribution in [3.05, 3.63) is 22.7 Å². The van der Waals surface area contributed by atoms with Crippen LogP contribution in [-0.4, -0.2) is 33.1 Å². The highest BCUT2D eigenvalue weighted by atomic mass is 79.9. The fourth-order valence-corrected chi connectivity index (χ4v) is 4.11. The number of hydrogen-bond acceptors (Lipinski definition) is 4. The Morgan fingerprint density at radius 3 is 2.76 bits per heavy atom. The van der Waals surface area contributed by atoms with E-state index in [1.54, 1.807) is 7.11 Å². The number of methoxy groups -OCH3 is 1. The van der Waals surface area contributed by atoms with E-state index >= 15 is 0 Å². The van der Waals surface area contributed by atoms with Gasteiger partial charge in [0.15, 0.2) is 9.84 Å². The molecule has 1 aliphatic rings. The first kappa shape index (κ1) is 12.7. The molecular formula is C11H14BrNO3S. The van der Waals surface area contributed by atoms with Crippen molar-refractivity contribution in [1.29, 1.82) is 0 Å². The van der Waals surface area contributed by atoms with E-state index in [0.29, 0.717) is 6.42 Å². The molecule has 0 aliphatic carbocycles. The summed E-state index contributed by atoms with van der Waals surface area (Å²) in [4.78, 5) is 0. The van der Waals surface area contributed by atoms with Crippen molar-refractivity contribution >= 4 is 31.5 Å². The van der Waals surface area contributed by atoms with E-state index in [1.165, 1.54) is 0 Å². The van der Waals surface area contributed by atoms with E-state index in [4.69, 9.17) is 4.74 Å². The second-order valence-electron chi connectivity index (χ2n) is 4.09. The van der Waals surface area contributed by atoms with Gasteiger partial charge in [-0.25, -0.2) is 8.42 Å². The molecule has 17 heavy (non-hydrogen) atoms. The molecule has 0 saturated carbocycles. The quantitative estimate of drug-likeness (QED) is 0.926. The van der Waals surface area contributed by atoms with E-state index in [-0.39, 0.29) is 17.5 Å². The number of ether oxygens (including phenoxy) is 1. The molecule has 0 bridgehead atoms. The van der Waals surface area contributed by atoms with Crippen LogP contribution in [0.4, 0.5) is 5.69 Å². The van der Waals surface area contributed by atoms with Crippen molar-refractivity contribution in [1.82, 2.24) is 0 Å². The van der Waals surface area contributed by atoms with Crippen molar-refractivity contribution in [2.24, 2.45) is 0 Å². The molecule has 0 amide bonds. The molecule has 1 atom stereocenters. The average molecular weight is 320 g/mol. The van der Waals surface area contributed by atoms with Crippen molar-refractivity contribution in [2.75, 3.05) is 23.9 Å². The normalized spacial score (nSPS) is 22.4. The maximum Gasteiger partial charge on any atom is 0.152 e. The van der Waals surface area contributed by atoms with Crippen LogP contribution < -0.4 is 10.1 Å². The Kier molecular flexibility index (Phi) is 3.63. The lowest BCUT2D eigenvalue weighted by Crippen LogP contribution is -2.20. The summed E-state index contributed by atoms with van der Waals surface area (Å²) in [5, 5.41) is 3.22. The number of sulfone groups is 1. The second-order valence-corrected chi connectivity index (χ2v) is 7.18. The standard InChI is InChI=1S/C11H14BrNO3S/c1-16-11-3-2-8(6-10(11)12)13-9-4-5-17(14,15)7-9/h2-3,6,9,13H,4-5,7H2,1H3. The van der Waals surface area contributed by atoms with Crippen LogP contribution in [0.1, 0.15) is 6.42 Å². The van der Waals surface area contributed by atoms with Crippen molar-refractivity contribution in [2.45, 2.75) is 12.5 Å². The molecule has 6 heteroatoms. The predicted molar refractivity (Wildman–Crippen MR) is 71.4 cm³/mol. The van der Waals surface area contributed by atoms with Gasteiger partial charge >= 0.3 is 0 Å². The van der Waals surface area contributed by atoms with Gasteiger partial charge in [-0.05, 0) is 40.5 Å². The number of anilines is 1. The lowest BCUT2D eigenvalue weighted by molar-refractivity contribution is 0.412. The van der Waals surface area contributed by atoms with Gasteiger partial charge in [-0.1, -0.05) is 0 Å². The van der Waals surface area contributed by atoms with Crippen LogP contribution in [0.3, 0.4) is 0 Å². The van der Waals surface area contributed by atoms with Crippen LogP contribution >= 0.6 is 15.9 Å². The number of halogens is 1. The third kappa shape index (κ3) is 3.13. The van der Waals surface area contributed by atoms with Crippen LogP contribution in [0.15, 0.2) is 22.7 Å². The van der Waals surface area contributed by atoms with E-state index in [2.05, 4.69) is 21.2 Å². The van der Waals surface area contributed by atoms with E-state index in [1.807, 2.05) is 18.2 Å². The summed E-state index contributed by atoms with van der Waals surface area (Å²) >= 11 is 3.40. The van der Waals surface area contributed by atoms with Crippen molar-refractivity contribution in [3.63, 3.8) is 0 Å². The monoisotopic (exact) mass is 319 g/mol. The summed E-state index contributed by atoms with van der Waals surface area (Å²) in [5.41, 5.74) is 0.903. The van der Waals surface area contributed by atoms with E-state index in [9.17, 15) is 8.42 Å². The Hall–Kier alpha value is -0.750. The SMILES string of the molecule is COc1ccc(NC2CCS(=O)(=O)C2)cc1Br. The summed E-state index contributed by atoms with van der Waals surface area (Å²) in [7, 11) is -1.23. The number of nitrogens with one attached hydrogen (secondary N) is 1. The minimum Gasteiger partial charge on any atom is -0.496 e. The Morgan fingerprint density at radius 2 is 2.24 bits per heavy atom. The molecule has 1 aromatic carbocycles. The average Bonchev–Trinajstić information content (AvgIpc) is 2.58. The second kappa shape index (κ2) is 4.86. The number of benzene rings is 1. The first-order valence-electron chi connectivity index (χ1n) is 5.31. The van der Waals surface area contributed by atoms with Gasteiger partial charge in [-0.2, -0.15) is 0 Å². The zero-order valence-corrected chi connectivity index (χ0v) is 11.8. The Labute approximate surface area is 109 Å². The summed E-state index contributed by atoms with van der Waals surface area (Å²) < 4.78 is 28.6. The third-order valence-electron chi connectivity index (χ3n) is 2.76. The van der Waals surface area contributed by atoms with Gasteiger partial charge in [0.05, 0.1) is 23.1 Å². The highest BCUT2D eigenvalue weighted by Gasteiger charge is 2.27. The molecule has 1 unspecified atom stereocenters. The van der Waals surface area contributed by atoms with E-state index < -0.39 is 9.84 Å². The predicted octanol–water partition coefficient (Wildman–Crippen LogP) is 2.06. The molecule has 0 spiro atoms. The molecule has 1 saturated heterocycles. The Balaban J connectivity index is 2.07. The van der Waals surface area contributed by atoms with Crippen LogP contribution in [0.2, 0.25) is 0 Å². The lowest BCUT2D eigenvalue weighted by Gasteiger charge is -2.13. The molecule has 1 N–H and O–H groups in total. The summed E-state index contributed by atoms with van der Waals surface area (Å²) in [5.74, 6) is 1.26. The number of hydrogen-bond donors (Lipinski definition) is 1. The smallest absolute Gasteiger partial charge is 0.152 e. The zero-order chi connectivity index (χ0) is 12.5. The maximum absolute atomic E-state index is 11.3. The van der Waals surface area contributed by atoms with Gasteiger partial charge < -0.3 is 10.1 Å². The van der Waals surface area contributed by atoms with Crippen molar-refractivity contribution < 1.29 is 13.2 Å². The van der Waals surface area contributed by atoms with Gasteiger partial charge in [-0.15, -0.1) is 0 Å². The van der Waals surface area contributed by atoms with Crippen LogP contribution in [-0.2, 0) is 9.84 Å². The molecule has 1 fully saturated rings. The minimum absolute atomic E-state index is 0.0142. The van der Waals surface area contributed by atoms with Gasteiger partial charge in [0, 0.05) is 11.7 Å². The fraction of sp³-hybridized carbons (Fsp3) is 0.455. The van der Waals surface area contributed by atoms with Crippen LogP contribution in [0.25, 0.3) is 0 Å². The highest BCUT2D eigenvalue weighted by molar-refractivity contribution is 9.10. The first-order chi connectivity index (χ1) is 8.00. The largest absolute Gasteiger partial charge is 0.496 e. The molecule has 0 aromatic heterocycles. The van der Waals surface area contributed by atoms with Gasteiger partial charge in [0.2, 0.25) is 0 Å². The van der Waals surface area contributed by atoms with Crippen LogP contribution in [0.5, 0.6) is 5.75 Å². The topological polar surface area (TPSA) is 55.4 Å².